The van der Waals surface area contributed by atoms with E-state index in [0.717, 1.165) is 61.8 Å². The summed E-state index contributed by atoms with van der Waals surface area (Å²) in [5.74, 6) is 1.71. The first-order chi connectivity index (χ1) is 12.7. The summed E-state index contributed by atoms with van der Waals surface area (Å²) in [7, 11) is 0. The van der Waals surface area contributed by atoms with E-state index in [1.165, 1.54) is 0 Å². The van der Waals surface area contributed by atoms with Crippen molar-refractivity contribution in [3.8, 4) is 5.75 Å². The smallest absolute Gasteiger partial charge is 0.260 e. The zero-order valence-electron chi connectivity index (χ0n) is 15.6. The van der Waals surface area contributed by atoms with Gasteiger partial charge in [0, 0.05) is 32.2 Å². The number of rotatable bonds is 6. The highest BCUT2D eigenvalue weighted by Crippen LogP contribution is 2.16. The van der Waals surface area contributed by atoms with Crippen molar-refractivity contribution in [1.82, 2.24) is 15.0 Å². The Morgan fingerprint density at radius 1 is 1.23 bits per heavy atom. The SMILES string of the molecule is CCc1cc(CN2CCCN(C(=O)COc3ccccc3C)CC2)on1. The molecule has 1 fully saturated rings. The molecule has 0 aliphatic carbocycles. The average molecular weight is 357 g/mol. The summed E-state index contributed by atoms with van der Waals surface area (Å²) in [6.45, 7) is 8.14. The number of aryl methyl sites for hydroxylation is 2. The van der Waals surface area contributed by atoms with E-state index in [0.29, 0.717) is 6.54 Å². The number of hydrogen-bond acceptors (Lipinski definition) is 5. The van der Waals surface area contributed by atoms with Crippen molar-refractivity contribution in [2.45, 2.75) is 33.2 Å². The Hall–Kier alpha value is -2.34. The number of carbonyl (C=O) groups is 1. The fraction of sp³-hybridized carbons (Fsp3) is 0.500. The van der Waals surface area contributed by atoms with Crippen molar-refractivity contribution in [1.29, 1.82) is 0 Å². The van der Waals surface area contributed by atoms with E-state index in [1.54, 1.807) is 0 Å². The topological polar surface area (TPSA) is 58.8 Å². The molecular weight excluding hydrogens is 330 g/mol. The molecule has 0 N–H and O–H groups in total. The molecule has 1 aromatic heterocycles. The van der Waals surface area contributed by atoms with Crippen LogP contribution in [0.5, 0.6) is 5.75 Å². The fourth-order valence-electron chi connectivity index (χ4n) is 3.14. The van der Waals surface area contributed by atoms with Gasteiger partial charge in [0.05, 0.1) is 12.2 Å². The fourth-order valence-corrected chi connectivity index (χ4v) is 3.14. The zero-order valence-corrected chi connectivity index (χ0v) is 15.6. The van der Waals surface area contributed by atoms with Crippen molar-refractivity contribution in [3.05, 3.63) is 47.3 Å². The van der Waals surface area contributed by atoms with Crippen LogP contribution in [0.15, 0.2) is 34.9 Å². The summed E-state index contributed by atoms with van der Waals surface area (Å²) in [5, 5.41) is 4.04. The molecule has 1 amide bonds. The molecule has 1 saturated heterocycles. The van der Waals surface area contributed by atoms with Gasteiger partial charge in [0.25, 0.3) is 5.91 Å². The minimum Gasteiger partial charge on any atom is -0.484 e. The van der Waals surface area contributed by atoms with Gasteiger partial charge in [-0.25, -0.2) is 0 Å². The predicted octanol–water partition coefficient (Wildman–Crippen LogP) is 2.66. The molecule has 26 heavy (non-hydrogen) atoms. The average Bonchev–Trinajstić information content (AvgIpc) is 2.97. The summed E-state index contributed by atoms with van der Waals surface area (Å²) in [4.78, 5) is 16.7. The first kappa shape index (κ1) is 18.5. The highest BCUT2D eigenvalue weighted by molar-refractivity contribution is 5.77. The van der Waals surface area contributed by atoms with Gasteiger partial charge >= 0.3 is 0 Å². The van der Waals surface area contributed by atoms with E-state index in [2.05, 4.69) is 17.0 Å². The van der Waals surface area contributed by atoms with Crippen molar-refractivity contribution in [3.63, 3.8) is 0 Å². The predicted molar refractivity (Wildman–Crippen MR) is 99.0 cm³/mol. The number of carbonyl (C=O) groups excluding carboxylic acids is 1. The number of amides is 1. The van der Waals surface area contributed by atoms with Crippen LogP contribution >= 0.6 is 0 Å². The Morgan fingerprint density at radius 2 is 2.08 bits per heavy atom. The molecule has 0 atom stereocenters. The Labute approximate surface area is 154 Å². The number of ether oxygens (including phenoxy) is 1. The number of hydrogen-bond donors (Lipinski definition) is 0. The lowest BCUT2D eigenvalue weighted by Gasteiger charge is -2.21. The van der Waals surface area contributed by atoms with Gasteiger partial charge in [0.1, 0.15) is 5.75 Å². The molecule has 0 unspecified atom stereocenters. The molecule has 2 heterocycles. The summed E-state index contributed by atoms with van der Waals surface area (Å²) < 4.78 is 11.1. The van der Waals surface area contributed by atoms with Gasteiger partial charge in [-0.3, -0.25) is 9.69 Å². The molecule has 2 aromatic rings. The molecular formula is C20H27N3O3. The lowest BCUT2D eigenvalue weighted by atomic mass is 10.2. The summed E-state index contributed by atoms with van der Waals surface area (Å²) >= 11 is 0. The third kappa shape index (κ3) is 4.85. The maximum absolute atomic E-state index is 12.5. The quantitative estimate of drug-likeness (QED) is 0.795. The van der Waals surface area contributed by atoms with E-state index in [-0.39, 0.29) is 12.5 Å². The van der Waals surface area contributed by atoms with Crippen molar-refractivity contribution in [2.75, 3.05) is 32.8 Å². The molecule has 0 spiro atoms. The zero-order chi connectivity index (χ0) is 18.4. The third-order valence-corrected chi connectivity index (χ3v) is 4.74. The van der Waals surface area contributed by atoms with Crippen molar-refractivity contribution < 1.29 is 14.1 Å². The Balaban J connectivity index is 1.48. The van der Waals surface area contributed by atoms with Crippen LogP contribution in [-0.2, 0) is 17.8 Å². The van der Waals surface area contributed by atoms with Crippen LogP contribution in [-0.4, -0.2) is 53.6 Å². The molecule has 6 heteroatoms. The summed E-state index contributed by atoms with van der Waals surface area (Å²) in [6, 6.07) is 9.78. The molecule has 0 radical (unpaired) electrons. The van der Waals surface area contributed by atoms with Gasteiger partial charge < -0.3 is 14.2 Å². The molecule has 1 aliphatic rings. The van der Waals surface area contributed by atoms with Crippen molar-refractivity contribution in [2.24, 2.45) is 0 Å². The van der Waals surface area contributed by atoms with E-state index in [9.17, 15) is 4.79 Å². The number of para-hydroxylation sites is 1. The van der Waals surface area contributed by atoms with E-state index >= 15 is 0 Å². The number of aromatic nitrogens is 1. The second-order valence-corrected chi connectivity index (χ2v) is 6.70. The molecule has 0 saturated carbocycles. The van der Waals surface area contributed by atoms with Crippen LogP contribution in [0.25, 0.3) is 0 Å². The molecule has 6 nitrogen and oxygen atoms in total. The maximum Gasteiger partial charge on any atom is 0.260 e. The Bertz CT molecular complexity index is 729. The van der Waals surface area contributed by atoms with Gasteiger partial charge in [-0.15, -0.1) is 0 Å². The van der Waals surface area contributed by atoms with Crippen molar-refractivity contribution >= 4 is 5.91 Å². The molecule has 140 valence electrons. The van der Waals surface area contributed by atoms with Gasteiger partial charge in [0.2, 0.25) is 0 Å². The minimum atomic E-state index is 0.0445. The molecule has 1 aliphatic heterocycles. The standard InChI is InChI=1S/C20H27N3O3/c1-3-17-13-18(26-21-17)14-22-9-6-10-23(12-11-22)20(24)15-25-19-8-5-4-7-16(19)2/h4-5,7-8,13H,3,6,9-12,14-15H2,1-2H3. The van der Waals surface area contributed by atoms with Gasteiger partial charge in [-0.05, 0) is 31.4 Å². The highest BCUT2D eigenvalue weighted by atomic mass is 16.5. The number of benzene rings is 1. The Morgan fingerprint density at radius 3 is 2.85 bits per heavy atom. The van der Waals surface area contributed by atoms with Crippen LogP contribution < -0.4 is 4.74 Å². The maximum atomic E-state index is 12.5. The van der Waals surface area contributed by atoms with Crippen LogP contribution in [0.4, 0.5) is 0 Å². The highest BCUT2D eigenvalue weighted by Gasteiger charge is 2.20. The lowest BCUT2D eigenvalue weighted by molar-refractivity contribution is -0.133. The largest absolute Gasteiger partial charge is 0.484 e. The van der Waals surface area contributed by atoms with Crippen LogP contribution in [0.1, 0.15) is 30.4 Å². The van der Waals surface area contributed by atoms with Gasteiger partial charge in [-0.1, -0.05) is 30.3 Å². The van der Waals surface area contributed by atoms with E-state index in [1.807, 2.05) is 42.2 Å². The molecule has 1 aromatic carbocycles. The summed E-state index contributed by atoms with van der Waals surface area (Å²) in [6.07, 6.45) is 1.83. The van der Waals surface area contributed by atoms with Crippen LogP contribution in [0.3, 0.4) is 0 Å². The first-order valence-electron chi connectivity index (χ1n) is 9.28. The van der Waals surface area contributed by atoms with Crippen LogP contribution in [0, 0.1) is 6.92 Å². The lowest BCUT2D eigenvalue weighted by Crippen LogP contribution is -2.38. The molecule has 3 rings (SSSR count). The first-order valence-corrected chi connectivity index (χ1v) is 9.28. The monoisotopic (exact) mass is 357 g/mol. The normalized spacial score (nSPS) is 15.7. The second kappa shape index (κ2) is 8.85. The number of nitrogens with zero attached hydrogens (tertiary/aromatic N) is 3. The van der Waals surface area contributed by atoms with Gasteiger partial charge in [0.15, 0.2) is 12.4 Å². The van der Waals surface area contributed by atoms with Crippen LogP contribution in [0.2, 0.25) is 0 Å². The minimum absolute atomic E-state index is 0.0445. The summed E-state index contributed by atoms with van der Waals surface area (Å²) in [5.41, 5.74) is 2.03. The third-order valence-electron chi connectivity index (χ3n) is 4.74. The van der Waals surface area contributed by atoms with E-state index < -0.39 is 0 Å². The van der Waals surface area contributed by atoms with Gasteiger partial charge in [-0.2, -0.15) is 0 Å². The van der Waals surface area contributed by atoms with E-state index in [4.69, 9.17) is 9.26 Å². The Kier molecular flexibility index (Phi) is 6.28. The molecule has 0 bridgehead atoms. The second-order valence-electron chi connectivity index (χ2n) is 6.70.